The lowest BCUT2D eigenvalue weighted by Gasteiger charge is -2.18. The number of anilines is 2. The summed E-state index contributed by atoms with van der Waals surface area (Å²) in [5.74, 6) is 3.28. The van der Waals surface area contributed by atoms with Crippen molar-refractivity contribution in [1.82, 2.24) is 19.7 Å². The van der Waals surface area contributed by atoms with Gasteiger partial charge in [-0.2, -0.15) is 5.10 Å². The van der Waals surface area contributed by atoms with Crippen LogP contribution in [-0.2, 0) is 24.7 Å². The number of hydrogen-bond acceptors (Lipinski definition) is 6. The van der Waals surface area contributed by atoms with Crippen molar-refractivity contribution in [1.29, 1.82) is 0 Å². The maximum Gasteiger partial charge on any atom is 0.250 e. The van der Waals surface area contributed by atoms with Crippen molar-refractivity contribution in [2.45, 2.75) is 63.8 Å². The summed E-state index contributed by atoms with van der Waals surface area (Å²) < 4.78 is 1.79. The van der Waals surface area contributed by atoms with Gasteiger partial charge in [-0.25, -0.2) is 9.97 Å². The van der Waals surface area contributed by atoms with Crippen LogP contribution in [0.3, 0.4) is 0 Å². The highest BCUT2D eigenvalue weighted by atomic mass is 32.1. The highest BCUT2D eigenvalue weighted by molar-refractivity contribution is 7.19. The number of thiophene rings is 1. The van der Waals surface area contributed by atoms with Crippen LogP contribution in [0.4, 0.5) is 11.6 Å². The number of nitrogens with one attached hydrogen (secondary N) is 1. The van der Waals surface area contributed by atoms with Gasteiger partial charge < -0.3 is 5.32 Å². The van der Waals surface area contributed by atoms with E-state index in [4.69, 9.17) is 9.97 Å². The minimum Gasteiger partial charge on any atom is -0.358 e. The Balaban J connectivity index is 1.36. The predicted octanol–water partition coefficient (Wildman–Crippen LogP) is 3.71. The summed E-state index contributed by atoms with van der Waals surface area (Å²) in [6.45, 7) is 2.65. The zero-order chi connectivity index (χ0) is 20.4. The number of hydrogen-bond donors (Lipinski definition) is 1. The summed E-state index contributed by atoms with van der Waals surface area (Å²) in [6, 6.07) is 1.72. The van der Waals surface area contributed by atoms with Crippen LogP contribution < -0.4 is 10.2 Å². The van der Waals surface area contributed by atoms with E-state index in [0.717, 1.165) is 47.2 Å². The first-order chi connectivity index (χ1) is 14.6. The fourth-order valence-electron chi connectivity index (χ4n) is 4.86. The molecule has 1 amide bonds. The molecule has 3 aromatic rings. The molecular formula is C22H26N6OS. The smallest absolute Gasteiger partial charge is 0.250 e. The van der Waals surface area contributed by atoms with E-state index in [1.807, 2.05) is 36.3 Å². The molecule has 0 radical (unpaired) electrons. The van der Waals surface area contributed by atoms with E-state index in [0.29, 0.717) is 12.5 Å². The number of carbonyl (C=O) groups is 1. The largest absolute Gasteiger partial charge is 0.358 e. The topological polar surface area (TPSA) is 75.9 Å². The molecule has 1 atom stereocenters. The molecule has 30 heavy (non-hydrogen) atoms. The molecular weight excluding hydrogens is 396 g/mol. The molecule has 0 spiro atoms. The molecule has 0 aromatic carbocycles. The average Bonchev–Trinajstić information content (AvgIpc) is 3.32. The molecule has 2 fully saturated rings. The van der Waals surface area contributed by atoms with E-state index >= 15 is 0 Å². The summed E-state index contributed by atoms with van der Waals surface area (Å²) in [7, 11) is 1.89. The lowest BCUT2D eigenvalue weighted by atomic mass is 9.97. The lowest BCUT2D eigenvalue weighted by molar-refractivity contribution is -0.117. The summed E-state index contributed by atoms with van der Waals surface area (Å²) in [5, 5.41) is 9.12. The quantitative estimate of drug-likeness (QED) is 0.694. The van der Waals surface area contributed by atoms with Gasteiger partial charge in [-0.1, -0.05) is 0 Å². The molecule has 7 nitrogen and oxygen atoms in total. The van der Waals surface area contributed by atoms with Gasteiger partial charge in [0.25, 0.3) is 5.91 Å². The second-order valence-corrected chi connectivity index (χ2v) is 9.92. The minimum absolute atomic E-state index is 0.0989. The maximum atomic E-state index is 13.2. The van der Waals surface area contributed by atoms with Gasteiger partial charge in [0.05, 0.1) is 11.1 Å². The number of aryl methyl sites for hydroxylation is 4. The molecule has 3 aliphatic rings. The monoisotopic (exact) mass is 422 g/mol. The van der Waals surface area contributed by atoms with E-state index in [1.165, 1.54) is 41.5 Å². The minimum atomic E-state index is -0.260. The summed E-state index contributed by atoms with van der Waals surface area (Å²) in [5.41, 5.74) is 2.34. The molecule has 1 aliphatic heterocycles. The molecule has 1 saturated heterocycles. The molecule has 0 bridgehead atoms. The molecule has 2 aliphatic carbocycles. The SMILES string of the molecule is Cc1cc(N2CCC(Nc3nc(C4CC4)nc4sc5c(c34)CCCC5)C2=O)n(C)n1. The average molecular weight is 423 g/mol. The Hall–Kier alpha value is -2.48. The first kappa shape index (κ1) is 18.3. The van der Waals surface area contributed by atoms with Crippen LogP contribution >= 0.6 is 11.3 Å². The second kappa shape index (κ2) is 6.77. The van der Waals surface area contributed by atoms with Crippen LogP contribution in [0.25, 0.3) is 10.2 Å². The van der Waals surface area contributed by atoms with Gasteiger partial charge >= 0.3 is 0 Å². The number of amides is 1. The highest BCUT2D eigenvalue weighted by Gasteiger charge is 2.36. The summed E-state index contributed by atoms with van der Waals surface area (Å²) >= 11 is 1.84. The molecule has 8 heteroatoms. The first-order valence-corrected chi connectivity index (χ1v) is 11.8. The molecule has 6 rings (SSSR count). The van der Waals surface area contributed by atoms with Crippen molar-refractivity contribution in [2.24, 2.45) is 7.05 Å². The van der Waals surface area contributed by atoms with E-state index in [2.05, 4.69) is 10.4 Å². The van der Waals surface area contributed by atoms with Gasteiger partial charge in [0.1, 0.15) is 28.3 Å². The molecule has 3 aromatic heterocycles. The Kier molecular flexibility index (Phi) is 4.13. The number of aromatic nitrogens is 4. The third-order valence-corrected chi connectivity index (χ3v) is 7.73. The lowest BCUT2D eigenvalue weighted by Crippen LogP contribution is -2.34. The van der Waals surface area contributed by atoms with E-state index < -0.39 is 0 Å². The standard InChI is InChI=1S/C22H26N6OS/c1-12-11-17(27(2)26-12)28-10-9-15(22(28)29)23-20-18-14-5-3-4-6-16(14)30-21(18)25-19(24-20)13-7-8-13/h11,13,15H,3-10H2,1-2H3,(H,23,24,25). The number of carbonyl (C=O) groups excluding carboxylic acids is 1. The predicted molar refractivity (Wildman–Crippen MR) is 118 cm³/mol. The fraction of sp³-hybridized carbons (Fsp3) is 0.545. The van der Waals surface area contributed by atoms with Crippen LogP contribution in [0.5, 0.6) is 0 Å². The highest BCUT2D eigenvalue weighted by Crippen LogP contribution is 2.43. The summed E-state index contributed by atoms with van der Waals surface area (Å²) in [6.07, 6.45) is 7.82. The van der Waals surface area contributed by atoms with Crippen LogP contribution in [0.2, 0.25) is 0 Å². The van der Waals surface area contributed by atoms with Crippen LogP contribution in [-0.4, -0.2) is 38.2 Å². The third kappa shape index (κ3) is 2.92. The van der Waals surface area contributed by atoms with E-state index in [1.54, 1.807) is 4.68 Å². The molecule has 1 N–H and O–H groups in total. The van der Waals surface area contributed by atoms with E-state index in [9.17, 15) is 4.79 Å². The van der Waals surface area contributed by atoms with E-state index in [-0.39, 0.29) is 11.9 Å². The van der Waals surface area contributed by atoms with Crippen molar-refractivity contribution >= 4 is 39.1 Å². The van der Waals surface area contributed by atoms with Gasteiger partial charge in [-0.05, 0) is 57.4 Å². The van der Waals surface area contributed by atoms with Gasteiger partial charge in [0.2, 0.25) is 0 Å². The Morgan fingerprint density at radius 1 is 1.17 bits per heavy atom. The number of fused-ring (bicyclic) bond motifs is 3. The summed E-state index contributed by atoms with van der Waals surface area (Å²) in [4.78, 5) is 27.6. The van der Waals surface area contributed by atoms with Crippen molar-refractivity contribution in [3.63, 3.8) is 0 Å². The number of nitrogens with zero attached hydrogens (tertiary/aromatic N) is 5. The van der Waals surface area contributed by atoms with Crippen LogP contribution in [0, 0.1) is 6.92 Å². The van der Waals surface area contributed by atoms with Crippen LogP contribution in [0.15, 0.2) is 6.07 Å². The van der Waals surface area contributed by atoms with Crippen molar-refractivity contribution < 1.29 is 4.79 Å². The van der Waals surface area contributed by atoms with Crippen molar-refractivity contribution in [3.05, 3.63) is 28.0 Å². The molecule has 1 unspecified atom stereocenters. The normalized spacial score (nSPS) is 21.5. The maximum absolute atomic E-state index is 13.2. The Labute approximate surface area is 179 Å². The van der Waals surface area contributed by atoms with Gasteiger partial charge in [0, 0.05) is 30.5 Å². The van der Waals surface area contributed by atoms with Gasteiger partial charge in [0.15, 0.2) is 0 Å². The van der Waals surface area contributed by atoms with Crippen molar-refractivity contribution in [3.8, 4) is 0 Å². The van der Waals surface area contributed by atoms with Gasteiger partial charge in [-0.15, -0.1) is 11.3 Å². The zero-order valence-corrected chi connectivity index (χ0v) is 18.3. The Morgan fingerprint density at radius 3 is 2.77 bits per heavy atom. The number of rotatable bonds is 4. The fourth-order valence-corrected chi connectivity index (χ4v) is 6.13. The van der Waals surface area contributed by atoms with Crippen molar-refractivity contribution in [2.75, 3.05) is 16.8 Å². The third-order valence-electron chi connectivity index (χ3n) is 6.54. The zero-order valence-electron chi connectivity index (χ0n) is 17.4. The molecule has 156 valence electrons. The second-order valence-electron chi connectivity index (χ2n) is 8.84. The van der Waals surface area contributed by atoms with Crippen LogP contribution in [0.1, 0.15) is 60.0 Å². The first-order valence-electron chi connectivity index (χ1n) is 11.0. The van der Waals surface area contributed by atoms with Gasteiger partial charge in [-0.3, -0.25) is 14.4 Å². The molecule has 1 saturated carbocycles. The Morgan fingerprint density at radius 2 is 2.00 bits per heavy atom. The Bertz CT molecular complexity index is 1160. The molecule has 4 heterocycles.